The molecule has 0 saturated carbocycles. The maximum Gasteiger partial charge on any atom is 0.251 e. The summed E-state index contributed by atoms with van der Waals surface area (Å²) in [6.45, 7) is 8.82. The molecule has 1 aliphatic rings. The molecular formula is C17H26ClN3O3. The minimum absolute atomic E-state index is 0. The third-order valence-electron chi connectivity index (χ3n) is 3.77. The first-order valence-electron chi connectivity index (χ1n) is 7.96. The van der Waals surface area contributed by atoms with Crippen molar-refractivity contribution in [3.8, 4) is 0 Å². The lowest BCUT2D eigenvalue weighted by Crippen LogP contribution is -2.53. The molecule has 1 aliphatic heterocycles. The third-order valence-corrected chi connectivity index (χ3v) is 3.77. The second-order valence-corrected chi connectivity index (χ2v) is 6.15. The molecule has 134 valence electrons. The number of benzene rings is 1. The predicted molar refractivity (Wildman–Crippen MR) is 96.9 cm³/mol. The molecule has 0 aliphatic carbocycles. The quantitative estimate of drug-likeness (QED) is 0.770. The number of aryl methyl sites for hydroxylation is 1. The number of ether oxygens (including phenoxy) is 1. The molecule has 7 heteroatoms. The Morgan fingerprint density at radius 1 is 1.33 bits per heavy atom. The summed E-state index contributed by atoms with van der Waals surface area (Å²) in [5, 5.41) is 8.87. The van der Waals surface area contributed by atoms with Crippen molar-refractivity contribution in [2.24, 2.45) is 0 Å². The van der Waals surface area contributed by atoms with Crippen molar-refractivity contribution >= 4 is 29.9 Å². The highest BCUT2D eigenvalue weighted by atomic mass is 35.5. The van der Waals surface area contributed by atoms with Gasteiger partial charge in [0.25, 0.3) is 5.91 Å². The van der Waals surface area contributed by atoms with Crippen LogP contribution >= 0.6 is 12.4 Å². The normalized spacial score (nSPS) is 20.2. The molecule has 0 spiro atoms. The van der Waals surface area contributed by atoms with E-state index < -0.39 is 6.04 Å². The molecule has 2 amide bonds. The molecule has 0 aromatic heterocycles. The summed E-state index contributed by atoms with van der Waals surface area (Å²) in [5.41, 5.74) is 2.04. The monoisotopic (exact) mass is 355 g/mol. The van der Waals surface area contributed by atoms with Crippen molar-refractivity contribution in [2.45, 2.75) is 45.9 Å². The van der Waals surface area contributed by atoms with E-state index in [2.05, 4.69) is 16.0 Å². The van der Waals surface area contributed by atoms with Crippen LogP contribution in [0.5, 0.6) is 0 Å². The smallest absolute Gasteiger partial charge is 0.251 e. The lowest BCUT2D eigenvalue weighted by molar-refractivity contribution is -0.123. The van der Waals surface area contributed by atoms with Crippen molar-refractivity contribution in [1.29, 1.82) is 0 Å². The molecule has 0 bridgehead atoms. The van der Waals surface area contributed by atoms with Gasteiger partial charge in [-0.15, -0.1) is 12.4 Å². The number of rotatable bonds is 4. The Kier molecular flexibility index (Phi) is 7.66. The van der Waals surface area contributed by atoms with Crippen LogP contribution in [0.15, 0.2) is 18.2 Å². The fraction of sp³-hybridized carbons (Fsp3) is 0.529. The molecule has 1 fully saturated rings. The van der Waals surface area contributed by atoms with Crippen LogP contribution in [0.4, 0.5) is 5.69 Å². The van der Waals surface area contributed by atoms with Gasteiger partial charge >= 0.3 is 0 Å². The molecule has 0 unspecified atom stereocenters. The molecule has 24 heavy (non-hydrogen) atoms. The summed E-state index contributed by atoms with van der Waals surface area (Å²) in [6, 6.07) is 5.01. The lowest BCUT2D eigenvalue weighted by atomic mass is 10.1. The summed E-state index contributed by atoms with van der Waals surface area (Å²) in [4.78, 5) is 24.6. The van der Waals surface area contributed by atoms with Crippen LogP contribution in [0.1, 0.15) is 36.7 Å². The molecule has 0 radical (unpaired) electrons. The van der Waals surface area contributed by atoms with Crippen molar-refractivity contribution in [3.63, 3.8) is 0 Å². The number of morpholine rings is 1. The minimum atomic E-state index is -0.391. The SMILES string of the molecule is Cc1ccc(NC(=O)[C@H]2NCCO[C@@H]2C)cc1C(=O)NC(C)C.Cl. The maximum absolute atomic E-state index is 12.4. The van der Waals surface area contributed by atoms with Crippen molar-refractivity contribution in [2.75, 3.05) is 18.5 Å². The zero-order chi connectivity index (χ0) is 17.0. The first-order valence-corrected chi connectivity index (χ1v) is 7.96. The summed E-state index contributed by atoms with van der Waals surface area (Å²) in [6.07, 6.45) is -0.182. The Bertz CT molecular complexity index is 592. The predicted octanol–water partition coefficient (Wildman–Crippen LogP) is 1.87. The van der Waals surface area contributed by atoms with Gasteiger partial charge in [-0.1, -0.05) is 6.07 Å². The van der Waals surface area contributed by atoms with Gasteiger partial charge in [0.2, 0.25) is 5.91 Å². The highest BCUT2D eigenvalue weighted by Crippen LogP contribution is 2.17. The number of hydrogen-bond acceptors (Lipinski definition) is 4. The Morgan fingerprint density at radius 3 is 2.67 bits per heavy atom. The molecule has 1 heterocycles. The van der Waals surface area contributed by atoms with Crippen LogP contribution < -0.4 is 16.0 Å². The molecule has 2 rings (SSSR count). The van der Waals surface area contributed by atoms with Gasteiger partial charge in [-0.25, -0.2) is 0 Å². The van der Waals surface area contributed by atoms with E-state index in [-0.39, 0.29) is 36.4 Å². The average Bonchev–Trinajstić information content (AvgIpc) is 2.48. The summed E-state index contributed by atoms with van der Waals surface area (Å²) >= 11 is 0. The fourth-order valence-corrected chi connectivity index (χ4v) is 2.53. The largest absolute Gasteiger partial charge is 0.375 e. The molecule has 6 nitrogen and oxygen atoms in total. The molecule has 2 atom stereocenters. The first kappa shape index (κ1) is 20.4. The van der Waals surface area contributed by atoms with Crippen molar-refractivity contribution < 1.29 is 14.3 Å². The van der Waals surface area contributed by atoms with Crippen LogP contribution in [0.3, 0.4) is 0 Å². The van der Waals surface area contributed by atoms with Crippen LogP contribution in [-0.4, -0.2) is 43.2 Å². The zero-order valence-electron chi connectivity index (χ0n) is 14.5. The Labute approximate surface area is 149 Å². The summed E-state index contributed by atoms with van der Waals surface area (Å²) < 4.78 is 5.49. The van der Waals surface area contributed by atoms with Gasteiger partial charge in [0.1, 0.15) is 6.04 Å². The minimum Gasteiger partial charge on any atom is -0.375 e. The fourth-order valence-electron chi connectivity index (χ4n) is 2.53. The number of hydrogen-bond donors (Lipinski definition) is 3. The second-order valence-electron chi connectivity index (χ2n) is 6.15. The van der Waals surface area contributed by atoms with Gasteiger partial charge in [-0.05, 0) is 45.4 Å². The van der Waals surface area contributed by atoms with E-state index in [0.717, 1.165) is 5.56 Å². The third kappa shape index (κ3) is 5.19. The van der Waals surface area contributed by atoms with Crippen LogP contribution in [0.2, 0.25) is 0 Å². The topological polar surface area (TPSA) is 79.5 Å². The van der Waals surface area contributed by atoms with E-state index in [1.807, 2.05) is 33.8 Å². The van der Waals surface area contributed by atoms with Crippen LogP contribution in [0.25, 0.3) is 0 Å². The molecule has 1 aromatic carbocycles. The number of anilines is 1. The van der Waals surface area contributed by atoms with Crippen molar-refractivity contribution in [3.05, 3.63) is 29.3 Å². The van der Waals surface area contributed by atoms with Gasteiger partial charge in [0, 0.05) is 23.8 Å². The van der Waals surface area contributed by atoms with E-state index in [0.29, 0.717) is 24.4 Å². The molecule has 1 saturated heterocycles. The lowest BCUT2D eigenvalue weighted by Gasteiger charge is -2.29. The van der Waals surface area contributed by atoms with Crippen LogP contribution in [-0.2, 0) is 9.53 Å². The van der Waals surface area contributed by atoms with E-state index in [4.69, 9.17) is 4.74 Å². The zero-order valence-corrected chi connectivity index (χ0v) is 15.3. The first-order chi connectivity index (χ1) is 10.9. The summed E-state index contributed by atoms with van der Waals surface area (Å²) in [7, 11) is 0. The molecule has 1 aromatic rings. The number of carbonyl (C=O) groups is 2. The number of carbonyl (C=O) groups excluding carboxylic acids is 2. The highest BCUT2D eigenvalue weighted by Gasteiger charge is 2.28. The maximum atomic E-state index is 12.4. The molecule has 3 N–H and O–H groups in total. The Balaban J connectivity index is 0.00000288. The highest BCUT2D eigenvalue weighted by molar-refractivity contribution is 5.99. The second kappa shape index (κ2) is 9.01. The molecular weight excluding hydrogens is 330 g/mol. The van der Waals surface area contributed by atoms with Crippen molar-refractivity contribution in [1.82, 2.24) is 10.6 Å². The van der Waals surface area contributed by atoms with Gasteiger partial charge in [0.15, 0.2) is 0 Å². The van der Waals surface area contributed by atoms with Gasteiger partial charge in [-0.3, -0.25) is 9.59 Å². The van der Waals surface area contributed by atoms with Gasteiger partial charge < -0.3 is 20.7 Å². The Hall–Kier alpha value is -1.63. The number of halogens is 1. The van der Waals surface area contributed by atoms with E-state index in [9.17, 15) is 9.59 Å². The summed E-state index contributed by atoms with van der Waals surface area (Å²) in [5.74, 6) is -0.294. The average molecular weight is 356 g/mol. The van der Waals surface area contributed by atoms with E-state index in [1.54, 1.807) is 12.1 Å². The van der Waals surface area contributed by atoms with E-state index >= 15 is 0 Å². The van der Waals surface area contributed by atoms with Gasteiger partial charge in [0.05, 0.1) is 12.7 Å². The number of nitrogens with one attached hydrogen (secondary N) is 3. The standard InChI is InChI=1S/C17H25N3O3.ClH/c1-10(2)19-16(21)14-9-13(6-5-11(14)3)20-17(22)15-12(4)23-8-7-18-15;/h5-6,9-10,12,15,18H,7-8H2,1-4H3,(H,19,21)(H,20,22);1H/t12-,15+;/m1./s1. The number of amides is 2. The van der Waals surface area contributed by atoms with E-state index in [1.165, 1.54) is 0 Å². The van der Waals surface area contributed by atoms with Crippen LogP contribution in [0, 0.1) is 6.92 Å². The Morgan fingerprint density at radius 2 is 2.04 bits per heavy atom. The van der Waals surface area contributed by atoms with Gasteiger partial charge in [-0.2, -0.15) is 0 Å².